The van der Waals surface area contributed by atoms with Crippen LogP contribution in [0.2, 0.25) is 0 Å². The van der Waals surface area contributed by atoms with Gasteiger partial charge in [-0.3, -0.25) is 9.69 Å². The predicted molar refractivity (Wildman–Crippen MR) is 164 cm³/mol. The van der Waals surface area contributed by atoms with Gasteiger partial charge in [0.2, 0.25) is 0 Å². The largest absolute Gasteiger partial charge is 0.465 e. The predicted octanol–water partition coefficient (Wildman–Crippen LogP) is 2.69. The standard InChI is InChI=1S/C31H36FN9O6/c1-30(2,3)46-28(43)39-13-19(14-39)41-25-21(36-37-41)10-18-8-17(9-20(18)24(25)32)12-38-6-4-31(5-7-38)16-40(29(44)47-31)22-11-33-27-26(34-22)35-23(42)15-45-27/h10-11,17,19H,4-9,12-16H2,1-3H3,(H,34,35,42). The van der Waals surface area contributed by atoms with Crippen LogP contribution in [0.5, 0.6) is 5.88 Å². The molecular formula is C31H36FN9O6. The molecule has 2 aromatic heterocycles. The number of aromatic nitrogens is 5. The third kappa shape index (κ3) is 5.37. The highest BCUT2D eigenvalue weighted by atomic mass is 19.1. The maximum atomic E-state index is 16.0. The Morgan fingerprint density at radius 2 is 1.98 bits per heavy atom. The van der Waals surface area contributed by atoms with E-state index in [0.29, 0.717) is 55.7 Å². The zero-order valence-corrected chi connectivity index (χ0v) is 26.5. The molecule has 8 rings (SSSR count). The number of benzene rings is 1. The SMILES string of the molecule is CC(C)(C)OC(=O)N1CC(n2nnc3cc4c(c(F)c32)CC(CN2CCC3(CC2)CN(c2cnc5c(n2)NC(=O)CO5)C(=O)O3)C4)C1. The van der Waals surface area contributed by atoms with Gasteiger partial charge in [-0.1, -0.05) is 5.21 Å². The number of amides is 3. The fourth-order valence-corrected chi connectivity index (χ4v) is 7.25. The molecule has 1 aromatic carbocycles. The van der Waals surface area contributed by atoms with Crippen molar-refractivity contribution in [1.82, 2.24) is 34.8 Å². The molecule has 1 N–H and O–H groups in total. The maximum absolute atomic E-state index is 16.0. The number of rotatable bonds is 4. The lowest BCUT2D eigenvalue weighted by atomic mass is 9.90. The highest BCUT2D eigenvalue weighted by molar-refractivity contribution is 5.95. The molecule has 1 aliphatic carbocycles. The molecule has 5 aliphatic rings. The summed E-state index contributed by atoms with van der Waals surface area (Å²) in [6, 6.07) is 1.80. The molecular weight excluding hydrogens is 613 g/mol. The van der Waals surface area contributed by atoms with Gasteiger partial charge < -0.3 is 29.3 Å². The number of halogens is 1. The first-order valence-electron chi connectivity index (χ1n) is 16.0. The number of nitrogens with zero attached hydrogens (tertiary/aromatic N) is 8. The van der Waals surface area contributed by atoms with Gasteiger partial charge in [0.05, 0.1) is 18.8 Å². The number of anilines is 2. The van der Waals surface area contributed by atoms with Crippen LogP contribution in [0.1, 0.15) is 50.8 Å². The quantitative estimate of drug-likeness (QED) is 0.443. The van der Waals surface area contributed by atoms with Crippen molar-refractivity contribution >= 4 is 40.8 Å². The smallest absolute Gasteiger partial charge is 0.416 e. The molecule has 16 heteroatoms. The molecule has 0 radical (unpaired) electrons. The van der Waals surface area contributed by atoms with Crippen LogP contribution in [0.3, 0.4) is 0 Å². The Bertz CT molecular complexity index is 1790. The number of piperidine rings is 1. The van der Waals surface area contributed by atoms with Crippen LogP contribution in [0.15, 0.2) is 12.3 Å². The summed E-state index contributed by atoms with van der Waals surface area (Å²) in [5, 5.41) is 11.2. The van der Waals surface area contributed by atoms with Crippen molar-refractivity contribution in [3.63, 3.8) is 0 Å². The molecule has 6 heterocycles. The summed E-state index contributed by atoms with van der Waals surface area (Å²) >= 11 is 0. The first-order chi connectivity index (χ1) is 22.4. The molecule has 0 saturated carbocycles. The van der Waals surface area contributed by atoms with Crippen LogP contribution >= 0.6 is 0 Å². The van der Waals surface area contributed by atoms with Crippen molar-refractivity contribution in [2.24, 2.45) is 5.92 Å². The van der Waals surface area contributed by atoms with E-state index in [-0.39, 0.29) is 48.1 Å². The lowest BCUT2D eigenvalue weighted by molar-refractivity contribution is -0.118. The fraction of sp³-hybridized carbons (Fsp3) is 0.581. The lowest BCUT2D eigenvalue weighted by Crippen LogP contribution is -2.52. The van der Waals surface area contributed by atoms with E-state index in [2.05, 4.69) is 30.5 Å². The van der Waals surface area contributed by atoms with Gasteiger partial charge in [0.15, 0.2) is 24.1 Å². The molecule has 3 saturated heterocycles. The Balaban J connectivity index is 0.882. The third-order valence-electron chi connectivity index (χ3n) is 9.61. The molecule has 0 bridgehead atoms. The van der Waals surface area contributed by atoms with Crippen molar-refractivity contribution in [2.45, 2.75) is 63.7 Å². The van der Waals surface area contributed by atoms with Crippen LogP contribution in [0, 0.1) is 11.7 Å². The van der Waals surface area contributed by atoms with E-state index in [1.54, 1.807) is 9.58 Å². The number of likely N-dealkylation sites (tertiary alicyclic amines) is 2. The molecule has 15 nitrogen and oxygen atoms in total. The van der Waals surface area contributed by atoms with Crippen molar-refractivity contribution in [3.8, 4) is 5.88 Å². The Hall–Kier alpha value is -4.60. The fourth-order valence-electron chi connectivity index (χ4n) is 7.25. The molecule has 1 spiro atoms. The number of fused-ring (bicyclic) bond motifs is 3. The van der Waals surface area contributed by atoms with Crippen LogP contribution in [-0.4, -0.2) is 110 Å². The number of carbonyl (C=O) groups excluding carboxylic acids is 3. The number of nitrogens with one attached hydrogen (secondary N) is 1. The summed E-state index contributed by atoms with van der Waals surface area (Å²) in [7, 11) is 0. The van der Waals surface area contributed by atoms with Crippen molar-refractivity contribution in [3.05, 3.63) is 29.2 Å². The summed E-state index contributed by atoms with van der Waals surface area (Å²) < 4.78 is 34.3. The normalized spacial score (nSPS) is 22.5. The average Bonchev–Trinajstić information content (AvgIpc) is 3.68. The summed E-state index contributed by atoms with van der Waals surface area (Å²) in [6.45, 7) is 8.76. The molecule has 248 valence electrons. The molecule has 3 amide bonds. The highest BCUT2D eigenvalue weighted by Crippen LogP contribution is 2.39. The van der Waals surface area contributed by atoms with Gasteiger partial charge in [0.1, 0.15) is 22.2 Å². The van der Waals surface area contributed by atoms with Gasteiger partial charge in [-0.2, -0.15) is 0 Å². The minimum Gasteiger partial charge on any atom is -0.465 e. The summed E-state index contributed by atoms with van der Waals surface area (Å²) in [5.74, 6) is 0.348. The van der Waals surface area contributed by atoms with E-state index in [9.17, 15) is 14.4 Å². The molecule has 47 heavy (non-hydrogen) atoms. The Morgan fingerprint density at radius 1 is 1.19 bits per heavy atom. The van der Waals surface area contributed by atoms with E-state index in [4.69, 9.17) is 14.2 Å². The van der Waals surface area contributed by atoms with Gasteiger partial charge in [-0.15, -0.1) is 5.10 Å². The Morgan fingerprint density at radius 3 is 2.74 bits per heavy atom. The van der Waals surface area contributed by atoms with Gasteiger partial charge in [0.25, 0.3) is 11.8 Å². The molecule has 3 aromatic rings. The zero-order valence-electron chi connectivity index (χ0n) is 26.5. The first-order valence-corrected chi connectivity index (χ1v) is 16.0. The first kappa shape index (κ1) is 29.8. The molecule has 1 atom stereocenters. The van der Waals surface area contributed by atoms with Crippen LogP contribution in [0.25, 0.3) is 11.0 Å². The van der Waals surface area contributed by atoms with E-state index < -0.39 is 17.3 Å². The van der Waals surface area contributed by atoms with Crippen molar-refractivity contribution in [2.75, 3.05) is 56.1 Å². The monoisotopic (exact) mass is 649 g/mol. The van der Waals surface area contributed by atoms with Crippen molar-refractivity contribution in [1.29, 1.82) is 0 Å². The van der Waals surface area contributed by atoms with Crippen LogP contribution < -0.4 is 15.0 Å². The van der Waals surface area contributed by atoms with Crippen LogP contribution in [-0.2, 0) is 27.1 Å². The average molecular weight is 650 g/mol. The second kappa shape index (κ2) is 10.7. The van der Waals surface area contributed by atoms with E-state index >= 15 is 4.39 Å². The van der Waals surface area contributed by atoms with E-state index in [0.717, 1.165) is 37.2 Å². The number of ether oxygens (including phenoxy) is 3. The highest BCUT2D eigenvalue weighted by Gasteiger charge is 2.48. The second-order valence-electron chi connectivity index (χ2n) is 14.2. The van der Waals surface area contributed by atoms with Crippen molar-refractivity contribution < 1.29 is 33.0 Å². The molecule has 4 aliphatic heterocycles. The minimum atomic E-state index is -0.633. The van der Waals surface area contributed by atoms with Gasteiger partial charge >= 0.3 is 12.2 Å². The minimum absolute atomic E-state index is 0.126. The van der Waals surface area contributed by atoms with E-state index in [1.807, 2.05) is 26.8 Å². The molecule has 3 fully saturated rings. The Kier molecular flexibility index (Phi) is 6.79. The third-order valence-corrected chi connectivity index (χ3v) is 9.61. The molecule has 1 unspecified atom stereocenters. The summed E-state index contributed by atoms with van der Waals surface area (Å²) in [5.41, 5.74) is 1.40. The van der Waals surface area contributed by atoms with Crippen LogP contribution in [0.4, 0.5) is 25.6 Å². The maximum Gasteiger partial charge on any atom is 0.416 e. The van der Waals surface area contributed by atoms with E-state index in [1.165, 1.54) is 11.1 Å². The zero-order chi connectivity index (χ0) is 32.7. The van der Waals surface area contributed by atoms with Gasteiger partial charge in [-0.05, 0) is 56.7 Å². The van der Waals surface area contributed by atoms with Gasteiger partial charge in [0, 0.05) is 45.6 Å². The summed E-state index contributed by atoms with van der Waals surface area (Å²) in [6.07, 6.45) is 3.27. The second-order valence-corrected chi connectivity index (χ2v) is 14.2. The summed E-state index contributed by atoms with van der Waals surface area (Å²) in [4.78, 5) is 51.0. The van der Waals surface area contributed by atoms with Gasteiger partial charge in [-0.25, -0.2) is 28.6 Å². The number of hydrogen-bond donors (Lipinski definition) is 1. The number of carbonyl (C=O) groups is 3. The number of hydrogen-bond acceptors (Lipinski definition) is 11. The Labute approximate surface area is 269 Å². The topological polar surface area (TPSA) is 157 Å². The lowest BCUT2D eigenvalue weighted by Gasteiger charge is -2.39.